The van der Waals surface area contributed by atoms with Crippen molar-refractivity contribution in [2.75, 3.05) is 0 Å². The molecule has 0 unspecified atom stereocenters. The predicted molar refractivity (Wildman–Crippen MR) is 226 cm³/mol. The zero-order chi connectivity index (χ0) is 44.3. The standard InChI is InChI=1S/C49H30N4S/c1-2-12-33(13-3-1)47-50-48(34-24-21-32(22-25-34)36-26-23-31-11-4-5-14-35(31)29-36)52-49(51-47)37-15-10-16-38(30-37)53-43-19-8-6-17-39(43)41-27-28-42-40-18-7-9-20-44(40)54-46(42)45(41)53/h1-30H/i6D,7D,8D,9D,17D,18D,19D,20D,27D,28D. The molecule has 0 fully saturated rings. The van der Waals surface area contributed by atoms with Crippen LogP contribution >= 0.6 is 11.3 Å². The van der Waals surface area contributed by atoms with Crippen LogP contribution in [0.5, 0.6) is 0 Å². The highest BCUT2D eigenvalue weighted by Gasteiger charge is 2.19. The molecule has 252 valence electrons. The number of rotatable bonds is 5. The van der Waals surface area contributed by atoms with E-state index in [9.17, 15) is 4.11 Å². The Morgan fingerprint density at radius 3 is 1.91 bits per heavy atom. The SMILES string of the molecule is [2H]c1c([2H])c([2H])c2c(sc3c2c([2H])c([2H])c2c4c([2H])c([2H])c([2H])c([2H])c4n(-c4cccc(-c5nc(-c6ccccc6)nc(-c6ccc(-c7ccc8ccccc8c7)cc6)n5)c4)c32)c1[2H]. The number of fused-ring (bicyclic) bond motifs is 8. The van der Waals surface area contributed by atoms with E-state index in [1.54, 1.807) is 22.8 Å². The zero-order valence-electron chi connectivity index (χ0n) is 38.2. The summed E-state index contributed by atoms with van der Waals surface area (Å²) < 4.78 is 90.9. The summed E-state index contributed by atoms with van der Waals surface area (Å²) in [6.07, 6.45) is 0. The topological polar surface area (TPSA) is 43.6 Å². The maximum Gasteiger partial charge on any atom is 0.164 e. The summed E-state index contributed by atoms with van der Waals surface area (Å²) >= 11 is 1.04. The van der Waals surface area contributed by atoms with Gasteiger partial charge in [0.05, 0.1) is 29.4 Å². The minimum absolute atomic E-state index is 0.0461. The largest absolute Gasteiger partial charge is 0.308 e. The van der Waals surface area contributed by atoms with Crippen molar-refractivity contribution < 1.29 is 13.7 Å². The van der Waals surface area contributed by atoms with Gasteiger partial charge < -0.3 is 4.57 Å². The van der Waals surface area contributed by atoms with E-state index in [1.807, 2.05) is 72.8 Å². The van der Waals surface area contributed by atoms with Gasteiger partial charge >= 0.3 is 0 Å². The number of hydrogen-bond acceptors (Lipinski definition) is 4. The van der Waals surface area contributed by atoms with Gasteiger partial charge in [-0.25, -0.2) is 15.0 Å². The molecule has 0 bridgehead atoms. The Bertz CT molecular complexity index is 3790. The maximum atomic E-state index is 9.37. The Hall–Kier alpha value is -6.95. The van der Waals surface area contributed by atoms with Gasteiger partial charge in [0.15, 0.2) is 17.5 Å². The first-order valence-electron chi connectivity index (χ1n) is 22.3. The van der Waals surface area contributed by atoms with E-state index in [0.29, 0.717) is 33.4 Å². The summed E-state index contributed by atoms with van der Waals surface area (Å²) in [5.74, 6) is 1.20. The van der Waals surface area contributed by atoms with Gasteiger partial charge in [0.1, 0.15) is 0 Å². The number of aromatic nitrogens is 4. The molecule has 0 radical (unpaired) electrons. The monoisotopic (exact) mass is 716 g/mol. The molecular weight excluding hydrogens is 677 g/mol. The molecule has 8 aromatic carbocycles. The summed E-state index contributed by atoms with van der Waals surface area (Å²) in [4.78, 5) is 14.9. The predicted octanol–water partition coefficient (Wildman–Crippen LogP) is 13.2. The number of hydrogen-bond donors (Lipinski definition) is 0. The van der Waals surface area contributed by atoms with E-state index in [4.69, 9.17) is 24.5 Å². The minimum atomic E-state index is -0.497. The van der Waals surface area contributed by atoms with Gasteiger partial charge in [-0.05, 0) is 52.2 Å². The van der Waals surface area contributed by atoms with Crippen molar-refractivity contribution in [2.45, 2.75) is 0 Å². The Labute approximate surface area is 329 Å². The molecule has 5 heteroatoms. The molecule has 0 spiro atoms. The number of para-hydroxylation sites is 1. The van der Waals surface area contributed by atoms with Crippen LogP contribution < -0.4 is 0 Å². The molecule has 3 aromatic heterocycles. The van der Waals surface area contributed by atoms with Crippen molar-refractivity contribution in [1.82, 2.24) is 19.5 Å². The lowest BCUT2D eigenvalue weighted by molar-refractivity contribution is 1.07. The first-order chi connectivity index (χ1) is 30.9. The van der Waals surface area contributed by atoms with E-state index < -0.39 is 24.2 Å². The molecular formula is C49H30N4S. The Morgan fingerprint density at radius 2 is 1.07 bits per heavy atom. The molecule has 0 atom stereocenters. The maximum absolute atomic E-state index is 9.37. The van der Waals surface area contributed by atoms with Gasteiger partial charge in [0.25, 0.3) is 0 Å². The van der Waals surface area contributed by atoms with Crippen LogP contribution in [0, 0.1) is 0 Å². The van der Waals surface area contributed by atoms with Crippen LogP contribution in [-0.4, -0.2) is 19.5 Å². The van der Waals surface area contributed by atoms with Gasteiger partial charge in [0, 0.05) is 48.6 Å². The minimum Gasteiger partial charge on any atom is -0.308 e. The van der Waals surface area contributed by atoms with Crippen LogP contribution in [0.4, 0.5) is 0 Å². The Kier molecular flexibility index (Phi) is 5.07. The summed E-state index contributed by atoms with van der Waals surface area (Å²) in [6.45, 7) is 0. The lowest BCUT2D eigenvalue weighted by Gasteiger charge is -2.12. The van der Waals surface area contributed by atoms with E-state index in [1.165, 1.54) is 0 Å². The molecule has 11 rings (SSSR count). The van der Waals surface area contributed by atoms with Crippen LogP contribution in [0.3, 0.4) is 0 Å². The Morgan fingerprint density at radius 1 is 0.444 bits per heavy atom. The van der Waals surface area contributed by atoms with Gasteiger partial charge in [-0.3, -0.25) is 0 Å². The average molecular weight is 717 g/mol. The van der Waals surface area contributed by atoms with Crippen molar-refractivity contribution in [3.05, 3.63) is 182 Å². The molecule has 4 nitrogen and oxygen atoms in total. The van der Waals surface area contributed by atoms with Crippen molar-refractivity contribution >= 4 is 64.1 Å². The summed E-state index contributed by atoms with van der Waals surface area (Å²) in [5, 5.41) is 2.70. The van der Waals surface area contributed by atoms with Crippen molar-refractivity contribution in [1.29, 1.82) is 0 Å². The van der Waals surface area contributed by atoms with Crippen LogP contribution in [0.25, 0.3) is 104 Å². The van der Waals surface area contributed by atoms with Crippen LogP contribution in [0.15, 0.2) is 182 Å². The number of thiophene rings is 1. The van der Waals surface area contributed by atoms with E-state index in [0.717, 1.165) is 44.4 Å². The third kappa shape index (κ3) is 5.01. The van der Waals surface area contributed by atoms with Gasteiger partial charge in [-0.15, -0.1) is 11.3 Å². The number of benzene rings is 8. The zero-order valence-corrected chi connectivity index (χ0v) is 29.1. The van der Waals surface area contributed by atoms with E-state index >= 15 is 0 Å². The molecule has 0 aliphatic carbocycles. The van der Waals surface area contributed by atoms with E-state index in [2.05, 4.69) is 30.3 Å². The van der Waals surface area contributed by atoms with Crippen LogP contribution in [0.1, 0.15) is 13.7 Å². The second kappa shape index (κ2) is 12.3. The summed E-state index contributed by atoms with van der Waals surface area (Å²) in [6, 6.07) is 35.5. The molecule has 0 aliphatic rings. The third-order valence-electron chi connectivity index (χ3n) is 9.72. The Balaban J connectivity index is 1.15. The summed E-state index contributed by atoms with van der Waals surface area (Å²) in [7, 11) is 0. The quantitative estimate of drug-likeness (QED) is 0.178. The fourth-order valence-electron chi connectivity index (χ4n) is 7.14. The molecule has 0 N–H and O–H groups in total. The van der Waals surface area contributed by atoms with E-state index in [-0.39, 0.29) is 73.5 Å². The van der Waals surface area contributed by atoms with Crippen molar-refractivity contribution in [3.8, 4) is 51.0 Å². The molecule has 0 saturated heterocycles. The number of nitrogens with zero attached hydrogens (tertiary/aromatic N) is 4. The van der Waals surface area contributed by atoms with Crippen LogP contribution in [-0.2, 0) is 0 Å². The fraction of sp³-hybridized carbons (Fsp3) is 0. The first-order valence-corrected chi connectivity index (χ1v) is 18.1. The average Bonchev–Trinajstić information content (AvgIpc) is 3.91. The van der Waals surface area contributed by atoms with Gasteiger partial charge in [-0.1, -0.05) is 151 Å². The smallest absolute Gasteiger partial charge is 0.164 e. The molecule has 0 aliphatic heterocycles. The fourth-order valence-corrected chi connectivity index (χ4v) is 8.24. The summed E-state index contributed by atoms with van der Waals surface area (Å²) in [5.41, 5.74) is 4.97. The second-order valence-corrected chi connectivity index (χ2v) is 13.9. The van der Waals surface area contributed by atoms with Crippen molar-refractivity contribution in [3.63, 3.8) is 0 Å². The van der Waals surface area contributed by atoms with Gasteiger partial charge in [-0.2, -0.15) is 0 Å². The van der Waals surface area contributed by atoms with Crippen molar-refractivity contribution in [2.24, 2.45) is 0 Å². The molecule has 11 aromatic rings. The highest BCUT2D eigenvalue weighted by Crippen LogP contribution is 2.43. The second-order valence-electron chi connectivity index (χ2n) is 12.9. The first kappa shape index (κ1) is 22.2. The normalized spacial score (nSPS) is 14.3. The molecule has 3 heterocycles. The molecule has 54 heavy (non-hydrogen) atoms. The van der Waals surface area contributed by atoms with Crippen LogP contribution in [0.2, 0.25) is 0 Å². The third-order valence-corrected chi connectivity index (χ3v) is 10.8. The molecule has 0 saturated carbocycles. The van der Waals surface area contributed by atoms with Gasteiger partial charge in [0.2, 0.25) is 0 Å². The highest BCUT2D eigenvalue weighted by atomic mass is 32.1. The molecule has 0 amide bonds. The lowest BCUT2D eigenvalue weighted by Crippen LogP contribution is -2.01. The lowest BCUT2D eigenvalue weighted by atomic mass is 10.00. The highest BCUT2D eigenvalue weighted by molar-refractivity contribution is 7.26.